The predicted molar refractivity (Wildman–Crippen MR) is 107 cm³/mol. The smallest absolute Gasteiger partial charge is 0.326 e. The van der Waals surface area contributed by atoms with E-state index in [0.717, 1.165) is 22.2 Å². The Labute approximate surface area is 162 Å². The van der Waals surface area contributed by atoms with Gasteiger partial charge >= 0.3 is 12.0 Å². The highest BCUT2D eigenvalue weighted by atomic mass is 16.5. The Bertz CT molecular complexity index is 924. The number of para-hydroxylation sites is 2. The molecule has 28 heavy (non-hydrogen) atoms. The summed E-state index contributed by atoms with van der Waals surface area (Å²) in [6.45, 7) is 0.847. The Morgan fingerprint density at radius 1 is 1.07 bits per heavy atom. The van der Waals surface area contributed by atoms with E-state index in [1.54, 1.807) is 6.20 Å². The fraction of sp³-hybridized carbons (Fsp3) is 0.238. The van der Waals surface area contributed by atoms with Crippen molar-refractivity contribution in [2.75, 3.05) is 13.2 Å². The second-order valence-corrected chi connectivity index (χ2v) is 6.37. The molecule has 0 spiro atoms. The Balaban J connectivity index is 1.44. The lowest BCUT2D eigenvalue weighted by atomic mass is 10.1. The van der Waals surface area contributed by atoms with Gasteiger partial charge in [0.15, 0.2) is 0 Å². The number of H-pyrrole nitrogens is 1. The number of ether oxygens (including phenoxy) is 1. The number of rotatable bonds is 9. The number of urea groups is 1. The minimum atomic E-state index is -1.08. The van der Waals surface area contributed by atoms with Gasteiger partial charge in [-0.05, 0) is 30.2 Å². The van der Waals surface area contributed by atoms with Crippen molar-refractivity contribution in [3.8, 4) is 5.75 Å². The summed E-state index contributed by atoms with van der Waals surface area (Å²) in [5.41, 5.74) is 1.78. The van der Waals surface area contributed by atoms with Crippen LogP contribution in [0.5, 0.6) is 5.75 Å². The van der Waals surface area contributed by atoms with E-state index >= 15 is 0 Å². The van der Waals surface area contributed by atoms with Crippen LogP contribution in [0.25, 0.3) is 10.9 Å². The normalized spacial score (nSPS) is 11.7. The maximum Gasteiger partial charge on any atom is 0.326 e. The van der Waals surface area contributed by atoms with Crippen molar-refractivity contribution in [1.29, 1.82) is 0 Å². The number of benzene rings is 2. The molecule has 3 aromatic rings. The van der Waals surface area contributed by atoms with Crippen LogP contribution in [0.2, 0.25) is 0 Å². The molecular weight excluding hydrogens is 358 g/mol. The Kier molecular flexibility index (Phi) is 6.51. The number of carboxylic acids is 1. The molecule has 2 amide bonds. The summed E-state index contributed by atoms with van der Waals surface area (Å²) in [5.74, 6) is -0.301. The van der Waals surface area contributed by atoms with Crippen LogP contribution in [0.3, 0.4) is 0 Å². The van der Waals surface area contributed by atoms with E-state index in [1.807, 2.05) is 54.6 Å². The van der Waals surface area contributed by atoms with E-state index in [2.05, 4.69) is 15.6 Å². The van der Waals surface area contributed by atoms with Gasteiger partial charge in [-0.2, -0.15) is 0 Å². The van der Waals surface area contributed by atoms with Crippen molar-refractivity contribution in [2.24, 2.45) is 0 Å². The number of aliphatic carboxylic acids is 1. The van der Waals surface area contributed by atoms with E-state index in [-0.39, 0.29) is 6.42 Å². The number of amides is 2. The van der Waals surface area contributed by atoms with Crippen molar-refractivity contribution < 1.29 is 19.4 Å². The zero-order valence-corrected chi connectivity index (χ0v) is 15.4. The van der Waals surface area contributed by atoms with Crippen molar-refractivity contribution in [3.63, 3.8) is 0 Å². The molecule has 146 valence electrons. The van der Waals surface area contributed by atoms with Gasteiger partial charge in [0.2, 0.25) is 0 Å². The molecule has 0 aliphatic carbocycles. The third kappa shape index (κ3) is 5.26. The second kappa shape index (κ2) is 9.45. The molecule has 0 aliphatic rings. The maximum atomic E-state index is 12.0. The van der Waals surface area contributed by atoms with Gasteiger partial charge in [-0.25, -0.2) is 9.59 Å². The van der Waals surface area contributed by atoms with E-state index < -0.39 is 18.0 Å². The molecule has 4 N–H and O–H groups in total. The van der Waals surface area contributed by atoms with Crippen LogP contribution in [0.4, 0.5) is 4.79 Å². The molecule has 0 unspecified atom stereocenters. The molecule has 1 atom stereocenters. The Morgan fingerprint density at radius 2 is 1.82 bits per heavy atom. The van der Waals surface area contributed by atoms with Crippen LogP contribution in [-0.4, -0.2) is 41.3 Å². The number of carbonyl (C=O) groups excluding carboxylic acids is 1. The van der Waals surface area contributed by atoms with Crippen molar-refractivity contribution >= 4 is 22.9 Å². The molecular formula is C21H23N3O4. The van der Waals surface area contributed by atoms with Crippen molar-refractivity contribution in [2.45, 2.75) is 18.9 Å². The third-order valence-electron chi connectivity index (χ3n) is 4.32. The SMILES string of the molecule is O=C(NCCCOc1ccccc1)N[C@H](Cc1c[nH]c2ccccc12)C(=O)O. The first-order valence-electron chi connectivity index (χ1n) is 9.13. The largest absolute Gasteiger partial charge is 0.494 e. The van der Waals surface area contributed by atoms with Crippen molar-refractivity contribution in [3.05, 3.63) is 66.4 Å². The monoisotopic (exact) mass is 381 g/mol. The number of hydrogen-bond donors (Lipinski definition) is 4. The topological polar surface area (TPSA) is 103 Å². The average molecular weight is 381 g/mol. The molecule has 0 saturated carbocycles. The number of aromatic amines is 1. The van der Waals surface area contributed by atoms with Gasteiger partial charge in [-0.1, -0.05) is 36.4 Å². The fourth-order valence-corrected chi connectivity index (χ4v) is 2.91. The molecule has 2 aromatic carbocycles. The number of carbonyl (C=O) groups is 2. The first-order chi connectivity index (χ1) is 13.6. The standard InChI is InChI=1S/C21H23N3O4/c25-20(26)19(13-15-14-23-18-10-5-4-9-17(15)18)24-21(27)22-11-6-12-28-16-7-2-1-3-8-16/h1-5,7-10,14,19,23H,6,11-13H2,(H,25,26)(H2,22,24,27)/t19-/m1/s1. The lowest BCUT2D eigenvalue weighted by molar-refractivity contribution is -0.139. The van der Waals surface area contributed by atoms with Gasteiger partial charge < -0.3 is 25.5 Å². The lowest BCUT2D eigenvalue weighted by Crippen LogP contribution is -2.47. The molecule has 0 bridgehead atoms. The highest BCUT2D eigenvalue weighted by molar-refractivity contribution is 5.86. The molecule has 7 nitrogen and oxygen atoms in total. The average Bonchev–Trinajstić information content (AvgIpc) is 3.11. The first-order valence-corrected chi connectivity index (χ1v) is 9.13. The quantitative estimate of drug-likeness (QED) is 0.428. The number of aromatic nitrogens is 1. The van der Waals surface area contributed by atoms with E-state index in [9.17, 15) is 14.7 Å². The van der Waals surface area contributed by atoms with Crippen LogP contribution in [0.1, 0.15) is 12.0 Å². The van der Waals surface area contributed by atoms with Crippen LogP contribution in [0, 0.1) is 0 Å². The number of fused-ring (bicyclic) bond motifs is 1. The first kappa shape index (κ1) is 19.3. The Hall–Kier alpha value is -3.48. The van der Waals surface area contributed by atoms with Crippen molar-refractivity contribution in [1.82, 2.24) is 15.6 Å². The van der Waals surface area contributed by atoms with E-state index in [4.69, 9.17) is 4.74 Å². The molecule has 0 saturated heterocycles. The van der Waals surface area contributed by atoms with Gasteiger partial charge in [0.05, 0.1) is 6.61 Å². The van der Waals surface area contributed by atoms with Crippen LogP contribution >= 0.6 is 0 Å². The summed E-state index contributed by atoms with van der Waals surface area (Å²) >= 11 is 0. The summed E-state index contributed by atoms with van der Waals surface area (Å²) in [7, 11) is 0. The van der Waals surface area contributed by atoms with Gasteiger partial charge in [0.25, 0.3) is 0 Å². The number of nitrogens with one attached hydrogen (secondary N) is 3. The zero-order valence-electron chi connectivity index (χ0n) is 15.4. The Morgan fingerprint density at radius 3 is 2.61 bits per heavy atom. The molecule has 1 heterocycles. The van der Waals surface area contributed by atoms with Gasteiger partial charge in [0.1, 0.15) is 11.8 Å². The highest BCUT2D eigenvalue weighted by Gasteiger charge is 2.21. The molecule has 1 aromatic heterocycles. The molecule has 7 heteroatoms. The highest BCUT2D eigenvalue weighted by Crippen LogP contribution is 2.19. The van der Waals surface area contributed by atoms with E-state index in [1.165, 1.54) is 0 Å². The van der Waals surface area contributed by atoms with Crippen LogP contribution in [0.15, 0.2) is 60.8 Å². The molecule has 0 aliphatic heterocycles. The number of carboxylic acid groups (broad SMARTS) is 1. The number of hydrogen-bond acceptors (Lipinski definition) is 3. The summed E-state index contributed by atoms with van der Waals surface area (Å²) in [6, 6.07) is 15.5. The molecule has 0 fully saturated rings. The summed E-state index contributed by atoms with van der Waals surface area (Å²) < 4.78 is 5.55. The second-order valence-electron chi connectivity index (χ2n) is 6.37. The van der Waals surface area contributed by atoms with Gasteiger partial charge in [-0.3, -0.25) is 0 Å². The predicted octanol–water partition coefficient (Wildman–Crippen LogP) is 2.93. The maximum absolute atomic E-state index is 12.0. The summed E-state index contributed by atoms with van der Waals surface area (Å²) in [4.78, 5) is 26.7. The third-order valence-corrected chi connectivity index (χ3v) is 4.32. The van der Waals surface area contributed by atoms with E-state index in [0.29, 0.717) is 19.6 Å². The van der Waals surface area contributed by atoms with Crippen LogP contribution < -0.4 is 15.4 Å². The van der Waals surface area contributed by atoms with Gasteiger partial charge in [-0.15, -0.1) is 0 Å². The summed E-state index contributed by atoms with van der Waals surface area (Å²) in [6.07, 6.45) is 2.59. The van der Waals surface area contributed by atoms with Gasteiger partial charge in [0, 0.05) is 30.1 Å². The lowest BCUT2D eigenvalue weighted by Gasteiger charge is -2.15. The minimum absolute atomic E-state index is 0.198. The molecule has 3 rings (SSSR count). The fourth-order valence-electron chi connectivity index (χ4n) is 2.91. The van der Waals surface area contributed by atoms with Crippen LogP contribution in [-0.2, 0) is 11.2 Å². The zero-order chi connectivity index (χ0) is 19.8. The molecule has 0 radical (unpaired) electrons. The summed E-state index contributed by atoms with van der Waals surface area (Å²) in [5, 5.41) is 15.6. The minimum Gasteiger partial charge on any atom is -0.494 e.